The van der Waals surface area contributed by atoms with Gasteiger partial charge in [0, 0.05) is 22.6 Å². The second kappa shape index (κ2) is 8.97. The van der Waals surface area contributed by atoms with Crippen molar-refractivity contribution in [2.24, 2.45) is 0 Å². The number of amides is 1. The van der Waals surface area contributed by atoms with Crippen LogP contribution in [0.3, 0.4) is 0 Å². The highest BCUT2D eigenvalue weighted by molar-refractivity contribution is 7.99. The fraction of sp³-hybridized carbons (Fsp3) is 0.136. The van der Waals surface area contributed by atoms with Gasteiger partial charge >= 0.3 is 0 Å². The number of aromatic amines is 1. The van der Waals surface area contributed by atoms with Gasteiger partial charge in [-0.2, -0.15) is 0 Å². The third-order valence-corrected chi connectivity index (χ3v) is 5.53. The van der Waals surface area contributed by atoms with E-state index >= 15 is 0 Å². The summed E-state index contributed by atoms with van der Waals surface area (Å²) in [4.78, 5) is 31.3. The molecule has 0 saturated heterocycles. The molecule has 31 heavy (non-hydrogen) atoms. The molecule has 4 rings (SSSR count). The van der Waals surface area contributed by atoms with Gasteiger partial charge in [0.05, 0.1) is 12.1 Å². The highest BCUT2D eigenvalue weighted by atomic mass is 32.2. The number of thioether (sulfide) groups is 1. The zero-order valence-corrected chi connectivity index (χ0v) is 17.8. The molecular weight excluding hydrogens is 412 g/mol. The van der Waals surface area contributed by atoms with Crippen LogP contribution in [0.5, 0.6) is 0 Å². The number of imidazole rings is 1. The maximum atomic E-state index is 12.5. The normalized spacial score (nSPS) is 10.8. The SMILES string of the molecule is CC(=O)c1ccc(NC(=O)CSc2nnc(-c3nc[nH]c3C)n2-c2ccccc2)cc1. The molecule has 2 aromatic heterocycles. The average Bonchev–Trinajstić information content (AvgIpc) is 3.39. The third-order valence-electron chi connectivity index (χ3n) is 4.60. The molecule has 0 atom stereocenters. The Morgan fingerprint density at radius 2 is 1.81 bits per heavy atom. The van der Waals surface area contributed by atoms with E-state index in [1.54, 1.807) is 30.6 Å². The molecule has 0 unspecified atom stereocenters. The van der Waals surface area contributed by atoms with Crippen LogP contribution in [0.1, 0.15) is 23.0 Å². The molecule has 0 fully saturated rings. The van der Waals surface area contributed by atoms with Gasteiger partial charge in [-0.3, -0.25) is 14.2 Å². The van der Waals surface area contributed by atoms with E-state index in [1.807, 2.05) is 41.8 Å². The van der Waals surface area contributed by atoms with Gasteiger partial charge in [0.1, 0.15) is 5.69 Å². The number of carbonyl (C=O) groups excluding carboxylic acids is 2. The first-order valence-corrected chi connectivity index (χ1v) is 10.6. The Morgan fingerprint density at radius 1 is 1.06 bits per heavy atom. The van der Waals surface area contributed by atoms with Gasteiger partial charge in [0.25, 0.3) is 0 Å². The topological polar surface area (TPSA) is 106 Å². The summed E-state index contributed by atoms with van der Waals surface area (Å²) < 4.78 is 1.89. The number of para-hydroxylation sites is 1. The molecule has 0 spiro atoms. The van der Waals surface area contributed by atoms with Crippen molar-refractivity contribution in [2.75, 3.05) is 11.1 Å². The molecule has 2 N–H and O–H groups in total. The lowest BCUT2D eigenvalue weighted by Crippen LogP contribution is -2.14. The maximum absolute atomic E-state index is 12.5. The summed E-state index contributed by atoms with van der Waals surface area (Å²) in [5.74, 6) is 0.559. The standard InChI is InChI=1S/C22H20N6O2S/c1-14-20(24-13-23-14)21-26-27-22(28(21)18-6-4-3-5-7-18)31-12-19(30)25-17-10-8-16(9-11-17)15(2)29/h3-11,13H,12H2,1-2H3,(H,23,24)(H,25,30). The van der Waals surface area contributed by atoms with E-state index in [4.69, 9.17) is 0 Å². The van der Waals surface area contributed by atoms with Crippen LogP contribution in [-0.2, 0) is 4.79 Å². The molecule has 0 aliphatic carbocycles. The first kappa shape index (κ1) is 20.5. The van der Waals surface area contributed by atoms with E-state index in [2.05, 4.69) is 25.5 Å². The number of ketones is 1. The number of rotatable bonds is 7. The van der Waals surface area contributed by atoms with Gasteiger partial charge in [-0.05, 0) is 50.2 Å². The fourth-order valence-electron chi connectivity index (χ4n) is 3.03. The summed E-state index contributed by atoms with van der Waals surface area (Å²) in [6.45, 7) is 3.43. The van der Waals surface area contributed by atoms with Crippen molar-refractivity contribution in [1.29, 1.82) is 0 Å². The van der Waals surface area contributed by atoms with Gasteiger partial charge in [-0.1, -0.05) is 30.0 Å². The molecule has 0 aliphatic rings. The molecule has 0 aliphatic heterocycles. The van der Waals surface area contributed by atoms with Crippen molar-refractivity contribution in [1.82, 2.24) is 24.7 Å². The quantitative estimate of drug-likeness (QED) is 0.339. The smallest absolute Gasteiger partial charge is 0.234 e. The van der Waals surface area contributed by atoms with E-state index in [9.17, 15) is 9.59 Å². The van der Waals surface area contributed by atoms with E-state index in [0.717, 1.165) is 11.4 Å². The van der Waals surface area contributed by atoms with E-state index < -0.39 is 0 Å². The Hall–Kier alpha value is -3.72. The van der Waals surface area contributed by atoms with Crippen LogP contribution in [0.4, 0.5) is 5.69 Å². The average molecular weight is 433 g/mol. The van der Waals surface area contributed by atoms with Crippen molar-refractivity contribution in [3.63, 3.8) is 0 Å². The van der Waals surface area contributed by atoms with Gasteiger partial charge in [-0.25, -0.2) is 4.98 Å². The zero-order chi connectivity index (χ0) is 21.8. The van der Waals surface area contributed by atoms with Crippen LogP contribution in [0.15, 0.2) is 66.1 Å². The van der Waals surface area contributed by atoms with Gasteiger partial charge in [0.2, 0.25) is 5.91 Å². The van der Waals surface area contributed by atoms with Crippen molar-refractivity contribution < 1.29 is 9.59 Å². The van der Waals surface area contributed by atoms with Crippen molar-refractivity contribution in [3.05, 3.63) is 72.2 Å². The maximum Gasteiger partial charge on any atom is 0.234 e. The predicted octanol–water partition coefficient (Wildman–Crippen LogP) is 3.90. The first-order valence-electron chi connectivity index (χ1n) is 9.58. The van der Waals surface area contributed by atoms with E-state index in [-0.39, 0.29) is 17.4 Å². The number of aromatic nitrogens is 5. The lowest BCUT2D eigenvalue weighted by molar-refractivity contribution is -0.113. The fourth-order valence-corrected chi connectivity index (χ4v) is 3.78. The van der Waals surface area contributed by atoms with Crippen LogP contribution in [0.25, 0.3) is 17.2 Å². The molecule has 0 saturated carbocycles. The summed E-state index contributed by atoms with van der Waals surface area (Å²) in [6.07, 6.45) is 1.62. The second-order valence-electron chi connectivity index (χ2n) is 6.82. The number of anilines is 1. The minimum absolute atomic E-state index is 0.0170. The molecule has 156 valence electrons. The number of H-pyrrole nitrogens is 1. The van der Waals surface area contributed by atoms with E-state index in [0.29, 0.717) is 27.9 Å². The number of Topliss-reactive ketones (excluding diaryl/α,β-unsaturated/α-hetero) is 1. The summed E-state index contributed by atoms with van der Waals surface area (Å²) in [6, 6.07) is 16.5. The minimum Gasteiger partial charge on any atom is -0.348 e. The molecule has 1 amide bonds. The molecule has 0 bridgehead atoms. The Labute approximate surface area is 183 Å². The van der Waals surface area contributed by atoms with Crippen LogP contribution in [0.2, 0.25) is 0 Å². The number of aryl methyl sites for hydroxylation is 1. The Bertz CT molecular complexity index is 1210. The highest BCUT2D eigenvalue weighted by Gasteiger charge is 2.20. The number of nitrogens with one attached hydrogen (secondary N) is 2. The summed E-state index contributed by atoms with van der Waals surface area (Å²) in [7, 11) is 0. The van der Waals surface area contributed by atoms with Crippen LogP contribution in [0, 0.1) is 6.92 Å². The number of hydrogen-bond acceptors (Lipinski definition) is 6. The first-order chi connectivity index (χ1) is 15.0. The Kier molecular flexibility index (Phi) is 5.94. The second-order valence-corrected chi connectivity index (χ2v) is 7.77. The van der Waals surface area contributed by atoms with Crippen molar-refractivity contribution in [2.45, 2.75) is 19.0 Å². The molecule has 8 nitrogen and oxygen atoms in total. The third kappa shape index (κ3) is 4.56. The number of hydrogen-bond donors (Lipinski definition) is 2. The largest absolute Gasteiger partial charge is 0.348 e. The highest BCUT2D eigenvalue weighted by Crippen LogP contribution is 2.28. The minimum atomic E-state index is -0.180. The molecule has 9 heteroatoms. The van der Waals surface area contributed by atoms with Gasteiger partial charge < -0.3 is 10.3 Å². The van der Waals surface area contributed by atoms with Crippen molar-refractivity contribution in [3.8, 4) is 17.2 Å². The summed E-state index contributed by atoms with van der Waals surface area (Å²) in [5.41, 5.74) is 3.70. The van der Waals surface area contributed by atoms with Gasteiger partial charge in [0.15, 0.2) is 16.8 Å². The summed E-state index contributed by atoms with van der Waals surface area (Å²) in [5, 5.41) is 12.1. The lowest BCUT2D eigenvalue weighted by atomic mass is 10.1. The Morgan fingerprint density at radius 3 is 2.45 bits per heavy atom. The monoisotopic (exact) mass is 432 g/mol. The molecule has 4 aromatic rings. The Balaban J connectivity index is 1.53. The molecule has 0 radical (unpaired) electrons. The number of benzene rings is 2. The van der Waals surface area contributed by atoms with Crippen LogP contribution >= 0.6 is 11.8 Å². The van der Waals surface area contributed by atoms with E-state index in [1.165, 1.54) is 18.7 Å². The molecule has 2 heterocycles. The van der Waals surface area contributed by atoms with Crippen LogP contribution in [-0.4, -0.2) is 42.2 Å². The van der Waals surface area contributed by atoms with Crippen molar-refractivity contribution >= 4 is 29.1 Å². The predicted molar refractivity (Wildman–Crippen MR) is 119 cm³/mol. The molecule has 2 aromatic carbocycles. The number of nitrogens with zero attached hydrogens (tertiary/aromatic N) is 4. The molecular formula is C22H20N6O2S. The number of carbonyl (C=O) groups is 2. The van der Waals surface area contributed by atoms with Gasteiger partial charge in [-0.15, -0.1) is 10.2 Å². The lowest BCUT2D eigenvalue weighted by Gasteiger charge is -2.10. The zero-order valence-electron chi connectivity index (χ0n) is 17.0. The van der Waals surface area contributed by atoms with Crippen LogP contribution < -0.4 is 5.32 Å². The summed E-state index contributed by atoms with van der Waals surface area (Å²) >= 11 is 1.29.